The molecule has 2 aromatic carbocycles. The molecule has 0 radical (unpaired) electrons. The van der Waals surface area contributed by atoms with Gasteiger partial charge in [0.2, 0.25) is 0 Å². The van der Waals surface area contributed by atoms with Crippen molar-refractivity contribution in [3.05, 3.63) is 65.5 Å². The van der Waals surface area contributed by atoms with Gasteiger partial charge in [-0.05, 0) is 43.2 Å². The van der Waals surface area contributed by atoms with Gasteiger partial charge in [-0.1, -0.05) is 30.3 Å². The number of rotatable bonds is 3. The van der Waals surface area contributed by atoms with Crippen LogP contribution in [0, 0.1) is 12.7 Å². The van der Waals surface area contributed by atoms with Gasteiger partial charge in [-0.25, -0.2) is 4.39 Å². The van der Waals surface area contributed by atoms with Gasteiger partial charge in [0.15, 0.2) is 0 Å². The van der Waals surface area contributed by atoms with Gasteiger partial charge in [0.05, 0.1) is 0 Å². The predicted octanol–water partition coefficient (Wildman–Crippen LogP) is 4.31. The minimum absolute atomic E-state index is 0.164. The van der Waals surface area contributed by atoms with Crippen molar-refractivity contribution in [2.75, 3.05) is 5.32 Å². The molecule has 88 valence electrons. The monoisotopic (exact) mass is 229 g/mol. The smallest absolute Gasteiger partial charge is 0.125 e. The molecule has 2 heteroatoms. The van der Waals surface area contributed by atoms with Crippen LogP contribution in [0.3, 0.4) is 0 Å². The van der Waals surface area contributed by atoms with E-state index >= 15 is 0 Å². The molecular formula is C15H16FN. The molecule has 1 N–H and O–H groups in total. The predicted molar refractivity (Wildman–Crippen MR) is 69.6 cm³/mol. The Balaban J connectivity index is 2.16. The number of hydrogen-bond acceptors (Lipinski definition) is 1. The Bertz CT molecular complexity index is 473. The van der Waals surface area contributed by atoms with Gasteiger partial charge >= 0.3 is 0 Å². The van der Waals surface area contributed by atoms with E-state index in [0.29, 0.717) is 0 Å². The van der Waals surface area contributed by atoms with E-state index in [2.05, 4.69) is 24.4 Å². The molecule has 0 saturated carbocycles. The lowest BCUT2D eigenvalue weighted by Crippen LogP contribution is -2.06. The maximum atomic E-state index is 13.2. The van der Waals surface area contributed by atoms with Gasteiger partial charge in [0.1, 0.15) is 5.82 Å². The van der Waals surface area contributed by atoms with Crippen LogP contribution in [0.15, 0.2) is 48.5 Å². The van der Waals surface area contributed by atoms with Gasteiger partial charge in [0.25, 0.3) is 0 Å². The summed E-state index contributed by atoms with van der Waals surface area (Å²) < 4.78 is 13.2. The Morgan fingerprint density at radius 1 is 1.06 bits per heavy atom. The fourth-order valence-electron chi connectivity index (χ4n) is 1.89. The summed E-state index contributed by atoms with van der Waals surface area (Å²) in [6, 6.07) is 15.3. The zero-order chi connectivity index (χ0) is 12.3. The number of halogens is 1. The molecule has 0 aliphatic carbocycles. The number of hydrogen-bond donors (Lipinski definition) is 1. The van der Waals surface area contributed by atoms with Crippen LogP contribution in [0.5, 0.6) is 0 Å². The average molecular weight is 229 g/mol. The van der Waals surface area contributed by atoms with Crippen LogP contribution in [-0.4, -0.2) is 0 Å². The van der Waals surface area contributed by atoms with E-state index in [1.807, 2.05) is 31.2 Å². The van der Waals surface area contributed by atoms with Crippen LogP contribution in [-0.2, 0) is 0 Å². The second-order valence-corrected chi connectivity index (χ2v) is 4.29. The third-order valence-electron chi connectivity index (χ3n) is 2.72. The zero-order valence-electron chi connectivity index (χ0n) is 10.1. The van der Waals surface area contributed by atoms with Gasteiger partial charge in [-0.3, -0.25) is 0 Å². The van der Waals surface area contributed by atoms with Crippen LogP contribution in [0.25, 0.3) is 0 Å². The van der Waals surface area contributed by atoms with Gasteiger partial charge < -0.3 is 5.32 Å². The molecule has 17 heavy (non-hydrogen) atoms. The quantitative estimate of drug-likeness (QED) is 0.827. The minimum Gasteiger partial charge on any atom is -0.378 e. The number of benzene rings is 2. The van der Waals surface area contributed by atoms with Crippen molar-refractivity contribution < 1.29 is 4.39 Å². The summed E-state index contributed by atoms with van der Waals surface area (Å²) in [5.41, 5.74) is 2.93. The summed E-state index contributed by atoms with van der Waals surface area (Å²) in [6.45, 7) is 3.96. The first kappa shape index (κ1) is 11.6. The summed E-state index contributed by atoms with van der Waals surface area (Å²) in [6.07, 6.45) is 0. The molecule has 0 bridgehead atoms. The topological polar surface area (TPSA) is 12.0 Å². The molecule has 0 spiro atoms. The molecule has 0 fully saturated rings. The first-order valence-corrected chi connectivity index (χ1v) is 5.74. The summed E-state index contributed by atoms with van der Waals surface area (Å²) in [5, 5.41) is 3.30. The van der Waals surface area contributed by atoms with E-state index in [1.165, 1.54) is 17.7 Å². The van der Waals surface area contributed by atoms with Crippen LogP contribution >= 0.6 is 0 Å². The Morgan fingerprint density at radius 2 is 1.76 bits per heavy atom. The Kier molecular flexibility index (Phi) is 3.43. The lowest BCUT2D eigenvalue weighted by molar-refractivity contribution is 0.626. The van der Waals surface area contributed by atoms with Crippen molar-refractivity contribution in [3.8, 4) is 0 Å². The zero-order valence-corrected chi connectivity index (χ0v) is 10.1. The third-order valence-corrected chi connectivity index (χ3v) is 2.72. The molecule has 0 aromatic heterocycles. The first-order chi connectivity index (χ1) is 8.15. The second-order valence-electron chi connectivity index (χ2n) is 4.29. The Labute approximate surface area is 101 Å². The highest BCUT2D eigenvalue weighted by molar-refractivity contribution is 5.47. The van der Waals surface area contributed by atoms with Gasteiger partial charge in [-0.2, -0.15) is 0 Å². The molecule has 2 aromatic rings. The van der Waals surface area contributed by atoms with Crippen molar-refractivity contribution in [3.63, 3.8) is 0 Å². The van der Waals surface area contributed by atoms with Crippen molar-refractivity contribution in [1.82, 2.24) is 0 Å². The molecule has 0 aliphatic heterocycles. The maximum Gasteiger partial charge on any atom is 0.125 e. The first-order valence-electron chi connectivity index (χ1n) is 5.74. The highest BCUT2D eigenvalue weighted by Crippen LogP contribution is 2.20. The molecule has 0 saturated heterocycles. The van der Waals surface area contributed by atoms with Crippen molar-refractivity contribution in [2.24, 2.45) is 0 Å². The fourth-order valence-corrected chi connectivity index (χ4v) is 1.89. The Morgan fingerprint density at radius 3 is 2.41 bits per heavy atom. The molecular weight excluding hydrogens is 213 g/mol. The third kappa shape index (κ3) is 3.06. The number of aryl methyl sites for hydroxylation is 1. The molecule has 0 aliphatic rings. The standard InChI is InChI=1S/C15H16FN/c1-11-8-14(16)10-15(9-11)17-12(2)13-6-4-3-5-7-13/h3-10,12,17H,1-2H3. The van der Waals surface area contributed by atoms with Crippen LogP contribution in [0.1, 0.15) is 24.1 Å². The van der Waals surface area contributed by atoms with Crippen molar-refractivity contribution >= 4 is 5.69 Å². The average Bonchev–Trinajstić information content (AvgIpc) is 2.28. The molecule has 2 rings (SSSR count). The van der Waals surface area contributed by atoms with Gasteiger partial charge in [-0.15, -0.1) is 0 Å². The SMILES string of the molecule is Cc1cc(F)cc(NC(C)c2ccccc2)c1. The summed E-state index contributed by atoms with van der Waals surface area (Å²) in [4.78, 5) is 0. The number of nitrogens with one attached hydrogen (secondary N) is 1. The van der Waals surface area contributed by atoms with Crippen molar-refractivity contribution in [1.29, 1.82) is 0 Å². The summed E-state index contributed by atoms with van der Waals surface area (Å²) in [7, 11) is 0. The van der Waals surface area contributed by atoms with E-state index in [-0.39, 0.29) is 11.9 Å². The number of anilines is 1. The second kappa shape index (κ2) is 5.00. The summed E-state index contributed by atoms with van der Waals surface area (Å²) in [5.74, 6) is -0.201. The largest absolute Gasteiger partial charge is 0.378 e. The van der Waals surface area contributed by atoms with Crippen LogP contribution in [0.4, 0.5) is 10.1 Å². The maximum absolute atomic E-state index is 13.2. The fraction of sp³-hybridized carbons (Fsp3) is 0.200. The highest BCUT2D eigenvalue weighted by Gasteiger charge is 2.05. The van der Waals surface area contributed by atoms with E-state index in [1.54, 1.807) is 0 Å². The van der Waals surface area contributed by atoms with E-state index in [0.717, 1.165) is 11.3 Å². The van der Waals surface area contributed by atoms with E-state index in [9.17, 15) is 4.39 Å². The molecule has 1 unspecified atom stereocenters. The van der Waals surface area contributed by atoms with Crippen LogP contribution < -0.4 is 5.32 Å². The Hall–Kier alpha value is -1.83. The molecule has 1 atom stereocenters. The molecule has 1 nitrogen and oxygen atoms in total. The van der Waals surface area contributed by atoms with E-state index in [4.69, 9.17) is 0 Å². The molecule has 0 heterocycles. The highest BCUT2D eigenvalue weighted by atomic mass is 19.1. The van der Waals surface area contributed by atoms with Crippen molar-refractivity contribution in [2.45, 2.75) is 19.9 Å². The summed E-state index contributed by atoms with van der Waals surface area (Å²) >= 11 is 0. The normalized spacial score (nSPS) is 12.2. The lowest BCUT2D eigenvalue weighted by Gasteiger charge is -2.16. The minimum atomic E-state index is -0.201. The lowest BCUT2D eigenvalue weighted by atomic mass is 10.1. The van der Waals surface area contributed by atoms with Gasteiger partial charge in [0, 0.05) is 11.7 Å². The van der Waals surface area contributed by atoms with E-state index < -0.39 is 0 Å². The molecule has 0 amide bonds. The van der Waals surface area contributed by atoms with Crippen LogP contribution in [0.2, 0.25) is 0 Å².